The van der Waals surface area contributed by atoms with Crippen LogP contribution in [0.3, 0.4) is 0 Å². The Labute approximate surface area is 114 Å². The van der Waals surface area contributed by atoms with Gasteiger partial charge in [0.05, 0.1) is 11.9 Å². The number of nitrogens with two attached hydrogens (primary N) is 1. The predicted octanol–water partition coefficient (Wildman–Crippen LogP) is 2.75. The average Bonchev–Trinajstić information content (AvgIpc) is 2.34. The van der Waals surface area contributed by atoms with Gasteiger partial charge < -0.3 is 10.5 Å². The van der Waals surface area contributed by atoms with Crippen LogP contribution in [-0.4, -0.2) is 17.1 Å². The van der Waals surface area contributed by atoms with Crippen LogP contribution >= 0.6 is 0 Å². The Morgan fingerprint density at radius 1 is 1.37 bits per heavy atom. The summed E-state index contributed by atoms with van der Waals surface area (Å²) in [5, 5.41) is 0. The summed E-state index contributed by atoms with van der Waals surface area (Å²) in [6.45, 7) is 5.77. The van der Waals surface area contributed by atoms with Gasteiger partial charge in [-0.1, -0.05) is 13.8 Å². The van der Waals surface area contributed by atoms with Gasteiger partial charge in [0.2, 0.25) is 0 Å². The largest absolute Gasteiger partial charge is 0.462 e. The highest BCUT2D eigenvalue weighted by Gasteiger charge is 2.36. The van der Waals surface area contributed by atoms with Gasteiger partial charge in [-0.15, -0.1) is 0 Å². The minimum Gasteiger partial charge on any atom is -0.462 e. The number of ether oxygens (including phenoxy) is 1. The Bertz CT molecular complexity index is 449. The Balaban J connectivity index is 2.13. The zero-order valence-electron chi connectivity index (χ0n) is 11.8. The number of carbonyl (C=O) groups excluding carboxylic acids is 1. The molecule has 19 heavy (non-hydrogen) atoms. The summed E-state index contributed by atoms with van der Waals surface area (Å²) in [6.07, 6.45) is 5.52. The molecule has 1 aliphatic carbocycles. The fourth-order valence-corrected chi connectivity index (χ4v) is 3.29. The van der Waals surface area contributed by atoms with Gasteiger partial charge in [0, 0.05) is 13.1 Å². The van der Waals surface area contributed by atoms with E-state index in [-0.39, 0.29) is 12.1 Å². The van der Waals surface area contributed by atoms with Crippen molar-refractivity contribution in [1.29, 1.82) is 0 Å². The summed E-state index contributed by atoms with van der Waals surface area (Å²) >= 11 is 0. The van der Waals surface area contributed by atoms with Crippen molar-refractivity contribution in [3.63, 3.8) is 0 Å². The molecule has 2 rings (SSSR count). The van der Waals surface area contributed by atoms with E-state index in [9.17, 15) is 4.79 Å². The monoisotopic (exact) mass is 262 g/mol. The molecule has 0 unspecified atom stereocenters. The first-order valence-corrected chi connectivity index (χ1v) is 6.85. The van der Waals surface area contributed by atoms with E-state index >= 15 is 0 Å². The van der Waals surface area contributed by atoms with Gasteiger partial charge in [0.15, 0.2) is 0 Å². The molecule has 0 spiro atoms. The standard InChI is InChI=1S/C15H22N2O2/c1-9-6-12(13-4-5-17-8-14(13)16)7-10(2)15(9)19-11(3)18/h4-5,8-10,12,15H,6-7,16H2,1-3H3/t9-,10+,12+,15+. The summed E-state index contributed by atoms with van der Waals surface area (Å²) in [5.41, 5.74) is 7.95. The minimum atomic E-state index is -0.189. The maximum Gasteiger partial charge on any atom is 0.302 e. The number of nitrogens with zero attached hydrogens (tertiary/aromatic N) is 1. The first-order valence-electron chi connectivity index (χ1n) is 6.85. The number of nitrogen functional groups attached to an aromatic ring is 1. The molecule has 0 radical (unpaired) electrons. The van der Waals surface area contributed by atoms with Crippen LogP contribution in [0.2, 0.25) is 0 Å². The van der Waals surface area contributed by atoms with Crippen LogP contribution in [0.15, 0.2) is 18.5 Å². The zero-order chi connectivity index (χ0) is 14.0. The molecule has 104 valence electrons. The molecule has 4 atom stereocenters. The van der Waals surface area contributed by atoms with Crippen molar-refractivity contribution >= 4 is 11.7 Å². The van der Waals surface area contributed by atoms with E-state index in [4.69, 9.17) is 10.5 Å². The normalized spacial score (nSPS) is 30.9. The van der Waals surface area contributed by atoms with Crippen LogP contribution in [-0.2, 0) is 9.53 Å². The van der Waals surface area contributed by atoms with Crippen molar-refractivity contribution in [2.24, 2.45) is 11.8 Å². The van der Waals surface area contributed by atoms with Crippen molar-refractivity contribution in [2.75, 3.05) is 5.73 Å². The number of rotatable bonds is 2. The van der Waals surface area contributed by atoms with Gasteiger partial charge in [-0.3, -0.25) is 9.78 Å². The molecular weight excluding hydrogens is 240 g/mol. The third-order valence-electron chi connectivity index (χ3n) is 4.06. The van der Waals surface area contributed by atoms with Crippen LogP contribution in [0.25, 0.3) is 0 Å². The topological polar surface area (TPSA) is 65.2 Å². The van der Waals surface area contributed by atoms with Gasteiger partial charge >= 0.3 is 5.97 Å². The van der Waals surface area contributed by atoms with Gasteiger partial charge in [-0.25, -0.2) is 0 Å². The summed E-state index contributed by atoms with van der Waals surface area (Å²) in [5.74, 6) is 0.945. The summed E-state index contributed by atoms with van der Waals surface area (Å²) in [6, 6.07) is 2.01. The second-order valence-corrected chi connectivity index (χ2v) is 5.70. The second kappa shape index (κ2) is 5.59. The summed E-state index contributed by atoms with van der Waals surface area (Å²) in [4.78, 5) is 15.2. The fourth-order valence-electron chi connectivity index (χ4n) is 3.29. The lowest BCUT2D eigenvalue weighted by molar-refractivity contribution is -0.154. The molecule has 0 saturated heterocycles. The number of esters is 1. The molecule has 0 bridgehead atoms. The van der Waals surface area contributed by atoms with E-state index in [2.05, 4.69) is 18.8 Å². The first-order chi connectivity index (χ1) is 8.99. The maximum atomic E-state index is 11.2. The molecule has 1 heterocycles. The minimum absolute atomic E-state index is 0.0248. The molecule has 4 heteroatoms. The number of anilines is 1. The second-order valence-electron chi connectivity index (χ2n) is 5.70. The molecule has 1 aromatic rings. The molecular formula is C15H22N2O2. The SMILES string of the molecule is CC(=O)O[C@H]1[C@H](C)C[C@H](c2ccncc2N)C[C@@H]1C. The number of pyridine rings is 1. The van der Waals surface area contributed by atoms with E-state index < -0.39 is 0 Å². The highest BCUT2D eigenvalue weighted by molar-refractivity contribution is 5.66. The summed E-state index contributed by atoms with van der Waals surface area (Å²) in [7, 11) is 0. The van der Waals surface area contributed by atoms with Crippen molar-refractivity contribution in [2.45, 2.75) is 45.6 Å². The quantitative estimate of drug-likeness (QED) is 0.832. The highest BCUT2D eigenvalue weighted by Crippen LogP contribution is 2.42. The molecule has 1 aromatic heterocycles. The average molecular weight is 262 g/mol. The molecule has 1 saturated carbocycles. The summed E-state index contributed by atoms with van der Waals surface area (Å²) < 4.78 is 5.45. The third-order valence-corrected chi connectivity index (χ3v) is 4.06. The molecule has 1 aliphatic rings. The number of hydrogen-bond acceptors (Lipinski definition) is 4. The van der Waals surface area contributed by atoms with E-state index in [0.29, 0.717) is 17.8 Å². The van der Waals surface area contributed by atoms with Gasteiger partial charge in [0.25, 0.3) is 0 Å². The number of aromatic nitrogens is 1. The lowest BCUT2D eigenvalue weighted by Gasteiger charge is -2.38. The van der Waals surface area contributed by atoms with Crippen LogP contribution in [0, 0.1) is 11.8 Å². The lowest BCUT2D eigenvalue weighted by Crippen LogP contribution is -2.37. The Kier molecular flexibility index (Phi) is 4.08. The van der Waals surface area contributed by atoms with Crippen molar-refractivity contribution < 1.29 is 9.53 Å². The van der Waals surface area contributed by atoms with Gasteiger partial charge in [-0.2, -0.15) is 0 Å². The van der Waals surface area contributed by atoms with Gasteiger partial charge in [-0.05, 0) is 42.2 Å². The third kappa shape index (κ3) is 3.06. The number of hydrogen-bond donors (Lipinski definition) is 1. The Morgan fingerprint density at radius 3 is 2.53 bits per heavy atom. The Hall–Kier alpha value is -1.58. The smallest absolute Gasteiger partial charge is 0.302 e. The molecule has 4 nitrogen and oxygen atoms in total. The predicted molar refractivity (Wildman–Crippen MR) is 74.5 cm³/mol. The molecule has 1 fully saturated rings. The van der Waals surface area contributed by atoms with Gasteiger partial charge in [0.1, 0.15) is 6.10 Å². The van der Waals surface area contributed by atoms with Crippen molar-refractivity contribution in [3.05, 3.63) is 24.0 Å². The van der Waals surface area contributed by atoms with E-state index in [0.717, 1.165) is 18.5 Å². The Morgan fingerprint density at radius 2 is 2.00 bits per heavy atom. The van der Waals surface area contributed by atoms with Crippen LogP contribution in [0.4, 0.5) is 5.69 Å². The van der Waals surface area contributed by atoms with Crippen molar-refractivity contribution in [1.82, 2.24) is 4.98 Å². The van der Waals surface area contributed by atoms with Crippen molar-refractivity contribution in [3.8, 4) is 0 Å². The van der Waals surface area contributed by atoms with E-state index in [1.807, 2.05) is 6.07 Å². The molecule has 2 N–H and O–H groups in total. The maximum absolute atomic E-state index is 11.2. The van der Waals surface area contributed by atoms with E-state index in [1.54, 1.807) is 12.4 Å². The molecule has 0 aliphatic heterocycles. The first kappa shape index (κ1) is 13.8. The van der Waals surface area contributed by atoms with Crippen LogP contribution < -0.4 is 5.73 Å². The highest BCUT2D eigenvalue weighted by atomic mass is 16.5. The fraction of sp³-hybridized carbons (Fsp3) is 0.600. The molecule has 0 amide bonds. The molecule has 0 aromatic carbocycles. The van der Waals surface area contributed by atoms with E-state index in [1.165, 1.54) is 12.5 Å². The zero-order valence-corrected chi connectivity index (χ0v) is 11.8. The van der Waals surface area contributed by atoms with Crippen LogP contribution in [0.5, 0.6) is 0 Å². The number of carbonyl (C=O) groups is 1. The lowest BCUT2D eigenvalue weighted by atomic mass is 9.72. The van der Waals surface area contributed by atoms with Crippen LogP contribution in [0.1, 0.15) is 45.1 Å².